The molecule has 0 radical (unpaired) electrons. The first-order valence-corrected chi connectivity index (χ1v) is 10.4. The SMILES string of the molecule is Cc1c(C(=O)C(=O)NC(C)(C)c2cccnc2)c(C)n(C)c1C(=O)Nc1ccc(F)c(C#N)c1. The molecule has 0 unspecified atom stereocenters. The van der Waals surface area contributed by atoms with Gasteiger partial charge in [-0.2, -0.15) is 5.26 Å². The summed E-state index contributed by atoms with van der Waals surface area (Å²) in [7, 11) is 1.61. The molecule has 2 heterocycles. The largest absolute Gasteiger partial charge is 0.343 e. The molecule has 3 aromatic rings. The molecule has 0 atom stereocenters. The van der Waals surface area contributed by atoms with Gasteiger partial charge in [-0.1, -0.05) is 6.07 Å². The van der Waals surface area contributed by atoms with Crippen molar-refractivity contribution >= 4 is 23.3 Å². The molecule has 0 aliphatic rings. The maximum Gasteiger partial charge on any atom is 0.293 e. The molecule has 0 fully saturated rings. The highest BCUT2D eigenvalue weighted by molar-refractivity contribution is 6.43. The van der Waals surface area contributed by atoms with Crippen LogP contribution >= 0.6 is 0 Å². The lowest BCUT2D eigenvalue weighted by Crippen LogP contribution is -2.44. The van der Waals surface area contributed by atoms with Gasteiger partial charge in [-0.25, -0.2) is 4.39 Å². The summed E-state index contributed by atoms with van der Waals surface area (Å²) >= 11 is 0. The van der Waals surface area contributed by atoms with Crippen molar-refractivity contribution in [1.29, 1.82) is 5.26 Å². The van der Waals surface area contributed by atoms with E-state index in [9.17, 15) is 18.8 Å². The molecule has 2 amide bonds. The number of carbonyl (C=O) groups is 3. The van der Waals surface area contributed by atoms with Gasteiger partial charge in [0.15, 0.2) is 0 Å². The van der Waals surface area contributed by atoms with Crippen molar-refractivity contribution in [2.24, 2.45) is 7.05 Å². The first kappa shape index (κ1) is 24.3. The number of hydrogen-bond donors (Lipinski definition) is 2. The van der Waals surface area contributed by atoms with Crippen LogP contribution in [0.2, 0.25) is 0 Å². The summed E-state index contributed by atoms with van der Waals surface area (Å²) in [5.74, 6) is -2.83. The number of rotatable bonds is 6. The third kappa shape index (κ3) is 4.57. The van der Waals surface area contributed by atoms with Crippen LogP contribution in [-0.4, -0.2) is 27.1 Å². The van der Waals surface area contributed by atoms with E-state index in [1.165, 1.54) is 16.7 Å². The van der Waals surface area contributed by atoms with E-state index in [2.05, 4.69) is 15.6 Å². The Morgan fingerprint density at radius 2 is 1.88 bits per heavy atom. The summed E-state index contributed by atoms with van der Waals surface area (Å²) < 4.78 is 15.1. The third-order valence-electron chi connectivity index (χ3n) is 5.73. The van der Waals surface area contributed by atoms with Gasteiger partial charge in [-0.05, 0) is 63.1 Å². The first-order chi connectivity index (χ1) is 16.0. The zero-order valence-electron chi connectivity index (χ0n) is 19.5. The van der Waals surface area contributed by atoms with Crippen molar-refractivity contribution in [3.63, 3.8) is 0 Å². The molecular weight excluding hydrogens is 437 g/mol. The first-order valence-electron chi connectivity index (χ1n) is 10.4. The van der Waals surface area contributed by atoms with Crippen molar-refractivity contribution in [2.45, 2.75) is 33.2 Å². The second kappa shape index (κ2) is 9.27. The summed E-state index contributed by atoms with van der Waals surface area (Å²) in [4.78, 5) is 43.0. The number of pyridine rings is 1. The quantitative estimate of drug-likeness (QED) is 0.430. The maximum atomic E-state index is 13.6. The average Bonchev–Trinajstić information content (AvgIpc) is 3.02. The Labute approximate surface area is 196 Å². The molecule has 8 nitrogen and oxygen atoms in total. The van der Waals surface area contributed by atoms with Crippen molar-refractivity contribution in [1.82, 2.24) is 14.9 Å². The molecule has 9 heteroatoms. The molecule has 0 saturated carbocycles. The van der Waals surface area contributed by atoms with Crippen LogP contribution in [0.3, 0.4) is 0 Å². The van der Waals surface area contributed by atoms with Crippen LogP contribution in [-0.2, 0) is 17.4 Å². The van der Waals surface area contributed by atoms with E-state index in [4.69, 9.17) is 5.26 Å². The van der Waals surface area contributed by atoms with Crippen LogP contribution in [0.5, 0.6) is 0 Å². The lowest BCUT2D eigenvalue weighted by atomic mass is 9.95. The van der Waals surface area contributed by atoms with Gasteiger partial charge < -0.3 is 15.2 Å². The molecule has 0 aliphatic carbocycles. The highest BCUT2D eigenvalue weighted by Crippen LogP contribution is 2.25. The molecule has 174 valence electrons. The Bertz CT molecular complexity index is 1340. The van der Waals surface area contributed by atoms with Gasteiger partial charge in [0.25, 0.3) is 17.6 Å². The van der Waals surface area contributed by atoms with E-state index in [0.29, 0.717) is 11.3 Å². The van der Waals surface area contributed by atoms with Crippen molar-refractivity contribution in [3.8, 4) is 6.07 Å². The van der Waals surface area contributed by atoms with E-state index < -0.39 is 29.0 Å². The maximum absolute atomic E-state index is 13.6. The van der Waals surface area contributed by atoms with Gasteiger partial charge in [0, 0.05) is 30.8 Å². The minimum absolute atomic E-state index is 0.129. The fourth-order valence-electron chi connectivity index (χ4n) is 3.77. The number of nitrogens with one attached hydrogen (secondary N) is 2. The number of nitriles is 1. The lowest BCUT2D eigenvalue weighted by molar-refractivity contribution is -0.118. The van der Waals surface area contributed by atoms with E-state index in [0.717, 1.165) is 11.6 Å². The Morgan fingerprint density at radius 3 is 2.50 bits per heavy atom. The number of nitrogens with zero attached hydrogens (tertiary/aromatic N) is 3. The van der Waals surface area contributed by atoms with Gasteiger partial charge in [0.2, 0.25) is 0 Å². The Balaban J connectivity index is 1.88. The number of Topliss-reactive ketones (excluding diaryl/α,β-unsaturated/α-hetero) is 1. The predicted molar refractivity (Wildman–Crippen MR) is 124 cm³/mol. The highest BCUT2D eigenvalue weighted by atomic mass is 19.1. The molecule has 34 heavy (non-hydrogen) atoms. The molecule has 1 aromatic carbocycles. The van der Waals surface area contributed by atoms with Gasteiger partial charge in [0.05, 0.1) is 16.7 Å². The van der Waals surface area contributed by atoms with Crippen LogP contribution in [0.25, 0.3) is 0 Å². The van der Waals surface area contributed by atoms with Gasteiger partial charge in [0.1, 0.15) is 17.6 Å². The van der Waals surface area contributed by atoms with E-state index in [-0.39, 0.29) is 22.5 Å². The molecule has 0 bridgehead atoms. The average molecular weight is 461 g/mol. The molecule has 0 aliphatic heterocycles. The zero-order valence-corrected chi connectivity index (χ0v) is 19.5. The Hall–Kier alpha value is -4.32. The zero-order chi connectivity index (χ0) is 25.2. The van der Waals surface area contributed by atoms with Gasteiger partial charge >= 0.3 is 0 Å². The van der Waals surface area contributed by atoms with Crippen LogP contribution in [0, 0.1) is 31.0 Å². The summed E-state index contributed by atoms with van der Waals surface area (Å²) in [6, 6.07) is 8.89. The topological polar surface area (TPSA) is 117 Å². The number of ketones is 1. The smallest absolute Gasteiger partial charge is 0.293 e. The molecule has 0 saturated heterocycles. The van der Waals surface area contributed by atoms with Crippen LogP contribution < -0.4 is 10.6 Å². The molecule has 2 aromatic heterocycles. The summed E-state index contributed by atoms with van der Waals surface area (Å²) in [6.45, 7) is 6.75. The number of hydrogen-bond acceptors (Lipinski definition) is 5. The van der Waals surface area contributed by atoms with E-state index in [1.54, 1.807) is 65.3 Å². The summed E-state index contributed by atoms with van der Waals surface area (Å²) in [5, 5.41) is 14.4. The molecule has 0 spiro atoms. The molecule has 3 rings (SSSR count). The van der Waals surface area contributed by atoms with Gasteiger partial charge in [-0.3, -0.25) is 19.4 Å². The Kier molecular flexibility index (Phi) is 6.63. The van der Waals surface area contributed by atoms with Gasteiger partial charge in [-0.15, -0.1) is 0 Å². The summed E-state index contributed by atoms with van der Waals surface area (Å²) in [5.41, 5.74) is 0.976. The molecular formula is C25H24FN5O3. The minimum Gasteiger partial charge on any atom is -0.343 e. The van der Waals surface area contributed by atoms with E-state index in [1.807, 2.05) is 0 Å². The minimum atomic E-state index is -0.848. The lowest BCUT2D eigenvalue weighted by Gasteiger charge is -2.26. The number of halogens is 1. The third-order valence-corrected chi connectivity index (χ3v) is 5.73. The number of carbonyl (C=O) groups excluding carboxylic acids is 3. The number of amides is 2. The Morgan fingerprint density at radius 1 is 1.18 bits per heavy atom. The number of benzene rings is 1. The van der Waals surface area contributed by atoms with Crippen molar-refractivity contribution in [2.75, 3.05) is 5.32 Å². The van der Waals surface area contributed by atoms with Crippen LogP contribution in [0.1, 0.15) is 57.1 Å². The van der Waals surface area contributed by atoms with E-state index >= 15 is 0 Å². The van der Waals surface area contributed by atoms with Crippen molar-refractivity contribution < 1.29 is 18.8 Å². The number of aromatic nitrogens is 2. The monoisotopic (exact) mass is 461 g/mol. The van der Waals surface area contributed by atoms with Crippen molar-refractivity contribution in [3.05, 3.63) is 82.2 Å². The fourth-order valence-corrected chi connectivity index (χ4v) is 3.77. The fraction of sp³-hybridized carbons (Fsp3) is 0.240. The standard InChI is InChI=1S/C25H24FN5O3/c1-14-20(22(32)24(34)30-25(3,4)17-7-6-10-28-13-17)15(2)31(5)21(14)23(33)29-18-8-9-19(26)16(11-18)12-27/h6-11,13H,1-5H3,(H,29,33)(H,30,34). The van der Waals surface area contributed by atoms with Crippen LogP contribution in [0.4, 0.5) is 10.1 Å². The summed E-state index contributed by atoms with van der Waals surface area (Å²) in [6.07, 6.45) is 3.22. The van der Waals surface area contributed by atoms with Crippen LogP contribution in [0.15, 0.2) is 42.7 Å². The number of anilines is 1. The second-order valence-corrected chi connectivity index (χ2v) is 8.40. The molecule has 2 N–H and O–H groups in total. The predicted octanol–water partition coefficient (Wildman–Crippen LogP) is 3.53. The second-order valence-electron chi connectivity index (χ2n) is 8.40. The highest BCUT2D eigenvalue weighted by Gasteiger charge is 2.32. The normalized spacial score (nSPS) is 11.0.